The van der Waals surface area contributed by atoms with Crippen LogP contribution < -0.4 is 5.32 Å². The van der Waals surface area contributed by atoms with Crippen LogP contribution in [-0.4, -0.2) is 33.8 Å². The molecule has 0 spiro atoms. The van der Waals surface area contributed by atoms with Gasteiger partial charge in [0.05, 0.1) is 24.1 Å². The molecule has 86 valence electrons. The number of hydrogen-bond donors (Lipinski definition) is 1. The topological polar surface area (TPSA) is 62.3 Å². The molecule has 16 heavy (non-hydrogen) atoms. The average molecular weight is 239 g/mol. The van der Waals surface area contributed by atoms with Crippen molar-refractivity contribution >= 4 is 23.2 Å². The summed E-state index contributed by atoms with van der Waals surface area (Å²) in [5, 5.41) is 2.91. The quantitative estimate of drug-likeness (QED) is 0.758. The predicted molar refractivity (Wildman–Crippen MR) is 59.8 cm³/mol. The van der Waals surface area contributed by atoms with E-state index in [9.17, 15) is 9.59 Å². The molecule has 1 N–H and O–H groups in total. The Morgan fingerprint density at radius 2 is 2.31 bits per heavy atom. The number of hydrogen-bond acceptors (Lipinski definition) is 5. The maximum Gasteiger partial charge on any atom is 0.249 e. The van der Waals surface area contributed by atoms with Gasteiger partial charge in [0.15, 0.2) is 0 Å². The standard InChI is InChI=1S/C10H13N3O2S/c1-10(2)9(15)13(8(14)4-12-10)5-7-3-11-6-16-7/h3,6,12H,4-5H2,1-2H3. The monoisotopic (exact) mass is 239 g/mol. The number of imide groups is 1. The molecule has 0 unspecified atom stereocenters. The van der Waals surface area contributed by atoms with Crippen molar-refractivity contribution in [2.75, 3.05) is 6.54 Å². The lowest BCUT2D eigenvalue weighted by Crippen LogP contribution is -2.63. The molecule has 6 heteroatoms. The van der Waals surface area contributed by atoms with Gasteiger partial charge in [-0.25, -0.2) is 0 Å². The van der Waals surface area contributed by atoms with Gasteiger partial charge < -0.3 is 0 Å². The van der Waals surface area contributed by atoms with Crippen LogP contribution in [0.15, 0.2) is 11.7 Å². The van der Waals surface area contributed by atoms with E-state index in [-0.39, 0.29) is 18.4 Å². The molecule has 1 saturated heterocycles. The van der Waals surface area contributed by atoms with Gasteiger partial charge in [-0.1, -0.05) is 0 Å². The largest absolute Gasteiger partial charge is 0.295 e. The molecular weight excluding hydrogens is 226 g/mol. The van der Waals surface area contributed by atoms with Gasteiger partial charge in [-0.05, 0) is 13.8 Å². The molecule has 2 amide bonds. The Morgan fingerprint density at radius 1 is 1.56 bits per heavy atom. The minimum absolute atomic E-state index is 0.183. The van der Waals surface area contributed by atoms with Gasteiger partial charge in [0.2, 0.25) is 11.8 Å². The fourth-order valence-corrected chi connectivity index (χ4v) is 2.14. The first kappa shape index (κ1) is 11.2. The van der Waals surface area contributed by atoms with Crippen LogP contribution in [0.4, 0.5) is 0 Å². The predicted octanol–water partition coefficient (Wildman–Crippen LogP) is 0.380. The van der Waals surface area contributed by atoms with E-state index in [4.69, 9.17) is 0 Å². The highest BCUT2D eigenvalue weighted by Crippen LogP contribution is 2.17. The van der Waals surface area contributed by atoms with Gasteiger partial charge >= 0.3 is 0 Å². The van der Waals surface area contributed by atoms with Crippen molar-refractivity contribution in [2.24, 2.45) is 0 Å². The highest BCUT2D eigenvalue weighted by Gasteiger charge is 2.39. The molecule has 1 aromatic heterocycles. The number of amides is 2. The van der Waals surface area contributed by atoms with Crippen LogP contribution >= 0.6 is 11.3 Å². The molecule has 0 radical (unpaired) electrons. The molecule has 0 aliphatic carbocycles. The molecule has 1 aliphatic rings. The number of nitrogens with zero attached hydrogens (tertiary/aromatic N) is 2. The molecule has 5 nitrogen and oxygen atoms in total. The van der Waals surface area contributed by atoms with Crippen LogP contribution in [0.25, 0.3) is 0 Å². The van der Waals surface area contributed by atoms with E-state index < -0.39 is 5.54 Å². The third-order valence-corrected chi connectivity index (χ3v) is 3.32. The van der Waals surface area contributed by atoms with Gasteiger partial charge in [-0.3, -0.25) is 24.8 Å². The van der Waals surface area contributed by atoms with Gasteiger partial charge in [0.25, 0.3) is 0 Å². The van der Waals surface area contributed by atoms with Crippen molar-refractivity contribution in [3.8, 4) is 0 Å². The highest BCUT2D eigenvalue weighted by atomic mass is 32.1. The Hall–Kier alpha value is -1.27. The Bertz CT molecular complexity index is 414. The maximum atomic E-state index is 12.0. The van der Waals surface area contributed by atoms with Crippen molar-refractivity contribution in [1.82, 2.24) is 15.2 Å². The number of carbonyl (C=O) groups excluding carboxylic acids is 2. The second-order valence-electron chi connectivity index (χ2n) is 4.23. The fraction of sp³-hybridized carbons (Fsp3) is 0.500. The fourth-order valence-electron chi connectivity index (χ4n) is 1.55. The Balaban J connectivity index is 2.18. The molecule has 0 saturated carbocycles. The minimum Gasteiger partial charge on any atom is -0.295 e. The van der Waals surface area contributed by atoms with Crippen molar-refractivity contribution in [3.05, 3.63) is 16.6 Å². The lowest BCUT2D eigenvalue weighted by Gasteiger charge is -2.36. The average Bonchev–Trinajstić information content (AvgIpc) is 2.72. The van der Waals surface area contributed by atoms with Crippen molar-refractivity contribution < 1.29 is 9.59 Å². The third-order valence-electron chi connectivity index (χ3n) is 2.56. The first-order valence-corrected chi connectivity index (χ1v) is 5.86. The van der Waals surface area contributed by atoms with E-state index in [0.717, 1.165) is 4.88 Å². The van der Waals surface area contributed by atoms with Gasteiger partial charge in [0.1, 0.15) is 0 Å². The second kappa shape index (κ2) is 3.95. The Labute approximate surface area is 97.5 Å². The lowest BCUT2D eigenvalue weighted by molar-refractivity contribution is -0.153. The lowest BCUT2D eigenvalue weighted by atomic mass is 10.0. The van der Waals surface area contributed by atoms with Gasteiger partial charge in [-0.2, -0.15) is 0 Å². The maximum absolute atomic E-state index is 12.0. The van der Waals surface area contributed by atoms with Gasteiger partial charge in [-0.15, -0.1) is 11.3 Å². The zero-order valence-corrected chi connectivity index (χ0v) is 10.0. The van der Waals surface area contributed by atoms with E-state index >= 15 is 0 Å². The summed E-state index contributed by atoms with van der Waals surface area (Å²) in [5.74, 6) is -0.366. The SMILES string of the molecule is CC1(C)NCC(=O)N(Cc2cncs2)C1=O. The Kier molecular flexibility index (Phi) is 2.77. The summed E-state index contributed by atoms with van der Waals surface area (Å²) < 4.78 is 0. The van der Waals surface area contributed by atoms with E-state index in [0.29, 0.717) is 6.54 Å². The van der Waals surface area contributed by atoms with E-state index in [1.54, 1.807) is 25.6 Å². The molecule has 0 atom stereocenters. The second-order valence-corrected chi connectivity index (χ2v) is 5.20. The first-order chi connectivity index (χ1) is 7.50. The number of nitrogens with one attached hydrogen (secondary N) is 1. The summed E-state index contributed by atoms with van der Waals surface area (Å²) in [6.45, 7) is 4.09. The Morgan fingerprint density at radius 3 is 2.94 bits per heavy atom. The van der Waals surface area contributed by atoms with Crippen LogP contribution in [0.3, 0.4) is 0 Å². The van der Waals surface area contributed by atoms with Gasteiger partial charge in [0, 0.05) is 11.1 Å². The molecule has 0 bridgehead atoms. The number of rotatable bonds is 2. The first-order valence-electron chi connectivity index (χ1n) is 4.98. The minimum atomic E-state index is -0.668. The zero-order valence-electron chi connectivity index (χ0n) is 9.19. The summed E-state index contributed by atoms with van der Waals surface area (Å²) in [4.78, 5) is 29.8. The summed E-state index contributed by atoms with van der Waals surface area (Å²) in [6.07, 6.45) is 1.68. The zero-order chi connectivity index (χ0) is 11.8. The molecule has 1 aromatic rings. The molecule has 0 aromatic carbocycles. The highest BCUT2D eigenvalue weighted by molar-refractivity contribution is 7.09. The molecule has 2 rings (SSSR count). The van der Waals surface area contributed by atoms with Crippen LogP contribution in [-0.2, 0) is 16.1 Å². The molecular formula is C10H13N3O2S. The summed E-state index contributed by atoms with van der Waals surface area (Å²) in [7, 11) is 0. The van der Waals surface area contributed by atoms with Crippen molar-refractivity contribution in [2.45, 2.75) is 25.9 Å². The summed E-state index contributed by atoms with van der Waals surface area (Å²) >= 11 is 1.44. The summed E-state index contributed by atoms with van der Waals surface area (Å²) in [5.41, 5.74) is 1.02. The van der Waals surface area contributed by atoms with Crippen molar-refractivity contribution in [3.63, 3.8) is 0 Å². The number of piperazine rings is 1. The third kappa shape index (κ3) is 1.98. The number of thiazole rings is 1. The van der Waals surface area contributed by atoms with Crippen LogP contribution in [0.5, 0.6) is 0 Å². The molecule has 1 aliphatic heterocycles. The van der Waals surface area contributed by atoms with Crippen molar-refractivity contribution in [1.29, 1.82) is 0 Å². The molecule has 1 fully saturated rings. The number of carbonyl (C=O) groups is 2. The van der Waals surface area contributed by atoms with E-state index in [2.05, 4.69) is 10.3 Å². The van der Waals surface area contributed by atoms with Crippen LogP contribution in [0.1, 0.15) is 18.7 Å². The van der Waals surface area contributed by atoms with E-state index in [1.165, 1.54) is 16.2 Å². The number of aromatic nitrogens is 1. The van der Waals surface area contributed by atoms with Crippen LogP contribution in [0.2, 0.25) is 0 Å². The summed E-state index contributed by atoms with van der Waals surface area (Å²) in [6, 6.07) is 0. The smallest absolute Gasteiger partial charge is 0.249 e. The van der Waals surface area contributed by atoms with E-state index in [1.807, 2.05) is 0 Å². The van der Waals surface area contributed by atoms with Crippen LogP contribution in [0, 0.1) is 0 Å². The molecule has 2 heterocycles. The normalized spacial score (nSPS) is 20.2.